The van der Waals surface area contributed by atoms with Crippen molar-refractivity contribution < 1.29 is 122 Å². The maximum absolute atomic E-state index is 15.2. The van der Waals surface area contributed by atoms with Crippen LogP contribution in [0.25, 0.3) is 10.9 Å². The van der Waals surface area contributed by atoms with Crippen molar-refractivity contribution in [3.8, 4) is 5.75 Å². The van der Waals surface area contributed by atoms with Gasteiger partial charge in [0.1, 0.15) is 78.3 Å². The number of nitrogens with one attached hydrogen (secondary N) is 16. The molecule has 0 aliphatic carbocycles. The number of carbonyl (C=O) groups excluding carboxylic acids is 14. The Balaban J connectivity index is 0.00000341. The minimum Gasteiger partial charge on any atom is -0.508 e. The number of phenolic OH excluding ortho intramolecular Hbond substituents is 1. The summed E-state index contributed by atoms with van der Waals surface area (Å²) in [5, 5.41) is 104. The standard InChI is InChI=1S/C78H111N21O19.3C2H4O2/c1-5-6-19-52(91-75(116)61(41-101)97-72(113)57(34-46-24-26-49(103)27-25-46)94-74(115)60(40-100)88-44(4)102)68(109)92-54(28-29-64(105)106)70(111)96-59(36-48-38-83-42-87-48)73(114)93-56(33-45-16-8-7-9-17-45)71(112)90-53(22-14-31-84-78(81)82)69(110)95-58(35-47-37-85-51-20-11-10-18-50(47)51)67(108)86-39-63(104)89-55(21-12-13-30-79)77(118)99-32-15-23-62(99)76(117)98-65(43(2)3)66(80)107;3*1-2(3)4/h7-11,16-18,20,24-27,37-38,42-43,52-62,65,85,100-101,103H,5-6,12-15,19,21-23,28-36,39-41,79H2,1-4H3,(H2,80,107)(H,83,87)(H,86,108)(H,88,102)(H,89,104)(H,90,112)(H,91,116)(H,92,109)(H,93,114)(H,94,115)(H,95,110)(H,96,111)(H,97,113)(H,98,117)(H,105,106)(H4,81,82,84);3*1H3,(H,3,4)/t52-,53-,54-,55-,56+,57-,58-,59-,60-,61-,62-,65-;;;/m0.../s1. The number of para-hydroxylation sites is 1. The van der Waals surface area contributed by atoms with E-state index in [0.717, 1.165) is 27.7 Å². The Bertz CT molecular complexity index is 4550. The molecule has 714 valence electrons. The second-order valence-corrected chi connectivity index (χ2v) is 30.6. The highest BCUT2D eigenvalue weighted by Crippen LogP contribution is 2.23. The van der Waals surface area contributed by atoms with Crippen molar-refractivity contribution in [2.45, 2.75) is 224 Å². The number of imidazole rings is 1. The van der Waals surface area contributed by atoms with Gasteiger partial charge in [-0.1, -0.05) is 94.3 Å². The molecule has 3 aromatic carbocycles. The predicted octanol–water partition coefficient (Wildman–Crippen LogP) is -3.83. The molecule has 0 unspecified atom stereocenters. The summed E-state index contributed by atoms with van der Waals surface area (Å²) in [4.78, 5) is 247. The van der Waals surface area contributed by atoms with Gasteiger partial charge in [0.25, 0.3) is 17.9 Å². The van der Waals surface area contributed by atoms with E-state index in [2.05, 4.69) is 84.1 Å². The van der Waals surface area contributed by atoms with Gasteiger partial charge in [0.05, 0.1) is 31.8 Å². The Morgan fingerprint density at radius 3 is 1.46 bits per heavy atom. The Kier molecular flexibility index (Phi) is 49.3. The number of aliphatic hydroxyl groups excluding tert-OH is 2. The number of phenols is 1. The third-order valence-corrected chi connectivity index (χ3v) is 19.4. The number of carbonyl (C=O) groups is 18. The lowest BCUT2D eigenvalue weighted by atomic mass is 10.0. The number of aromatic nitrogens is 3. The zero-order chi connectivity index (χ0) is 97.3. The molecule has 1 aliphatic heterocycles. The van der Waals surface area contributed by atoms with Gasteiger partial charge >= 0.3 is 5.97 Å². The van der Waals surface area contributed by atoms with Gasteiger partial charge in [-0.05, 0) is 105 Å². The highest BCUT2D eigenvalue weighted by atomic mass is 16.4. The van der Waals surface area contributed by atoms with Gasteiger partial charge in [-0.15, -0.1) is 0 Å². The summed E-state index contributed by atoms with van der Waals surface area (Å²) >= 11 is 0. The van der Waals surface area contributed by atoms with Crippen LogP contribution in [0.4, 0.5) is 0 Å². The number of carboxylic acid groups (broad SMARTS) is 4. The van der Waals surface area contributed by atoms with Gasteiger partial charge in [-0.2, -0.15) is 0 Å². The van der Waals surface area contributed by atoms with Crippen LogP contribution in [-0.4, -0.2) is 280 Å². The average molecular weight is 1830 g/mol. The minimum atomic E-state index is -1.83. The van der Waals surface area contributed by atoms with Crippen LogP contribution in [0.2, 0.25) is 0 Å². The second kappa shape index (κ2) is 58.2. The van der Waals surface area contributed by atoms with Crippen LogP contribution < -0.4 is 86.3 Å². The fraction of sp³-hybridized carbons (Fsp3) is 0.500. The molecule has 46 nitrogen and oxygen atoms in total. The molecule has 0 bridgehead atoms. The van der Waals surface area contributed by atoms with Crippen molar-refractivity contribution in [3.63, 3.8) is 0 Å². The number of aliphatic hydroxyl groups is 2. The van der Waals surface area contributed by atoms with Crippen LogP contribution in [0.5, 0.6) is 5.75 Å². The summed E-state index contributed by atoms with van der Waals surface area (Å²) in [7, 11) is 0. The number of aromatic amines is 2. The Morgan fingerprint density at radius 1 is 0.515 bits per heavy atom. The Hall–Kier alpha value is -14.2. The SMILES string of the molecule is CC(=O)O.CC(=O)O.CC(=O)O.CCCC[C@H](NC(=O)[C@H](CO)NC(=O)[C@H](Cc1ccc(O)cc1)NC(=O)[C@H](CO)NC(C)=O)C(=O)N[C@@H](CCC(=O)O)C(=O)N[C@@H](Cc1c[nH]cn1)C(=O)N[C@H](Cc1ccccc1)C(=O)N[C@@H](CCCNC(=N)N)C(=O)N[C@@H](Cc1c[nH]c2ccccc12)C(=O)NCC(=O)N[C@@H](CCCCN)C(=O)N1CCC[C@H]1C(=O)N[C@H](C(N)=O)C(C)C. The quantitative estimate of drug-likeness (QED) is 0.0101. The van der Waals surface area contributed by atoms with Crippen molar-refractivity contribution in [2.75, 3.05) is 39.4 Å². The maximum Gasteiger partial charge on any atom is 0.303 e. The molecular formula is C84H123N21O25. The highest BCUT2D eigenvalue weighted by Gasteiger charge is 2.41. The van der Waals surface area contributed by atoms with E-state index in [9.17, 15) is 78.0 Å². The van der Waals surface area contributed by atoms with E-state index < -0.39 is 224 Å². The van der Waals surface area contributed by atoms with E-state index in [1.807, 2.05) is 0 Å². The van der Waals surface area contributed by atoms with Gasteiger partial charge in [0.2, 0.25) is 82.7 Å². The number of guanidine groups is 1. The number of unbranched alkanes of at least 4 members (excludes halogenated alkanes) is 2. The normalized spacial score (nSPS) is 14.4. The van der Waals surface area contributed by atoms with Crippen LogP contribution in [0.1, 0.15) is 148 Å². The Labute approximate surface area is 748 Å². The van der Waals surface area contributed by atoms with E-state index in [4.69, 9.17) is 52.3 Å². The van der Waals surface area contributed by atoms with Crippen LogP contribution in [0, 0.1) is 11.3 Å². The largest absolute Gasteiger partial charge is 0.508 e. The molecule has 5 aromatic rings. The number of aromatic hydroxyl groups is 1. The van der Waals surface area contributed by atoms with Crippen LogP contribution in [-0.2, 0) is 112 Å². The fourth-order valence-corrected chi connectivity index (χ4v) is 13.1. The average Bonchev–Trinajstić information content (AvgIpc) is 1.68. The first kappa shape index (κ1) is 110. The smallest absolute Gasteiger partial charge is 0.303 e. The molecule has 130 heavy (non-hydrogen) atoms. The summed E-state index contributed by atoms with van der Waals surface area (Å²) in [6, 6.07) is 2.98. The van der Waals surface area contributed by atoms with E-state index in [-0.39, 0.29) is 94.8 Å². The molecule has 1 saturated heterocycles. The van der Waals surface area contributed by atoms with Gasteiger partial charge in [-0.25, -0.2) is 4.98 Å². The van der Waals surface area contributed by atoms with E-state index >= 15 is 14.4 Å². The van der Waals surface area contributed by atoms with Crippen molar-refractivity contribution in [1.82, 2.24) is 89.0 Å². The maximum atomic E-state index is 15.2. The zero-order valence-corrected chi connectivity index (χ0v) is 73.4. The first-order chi connectivity index (χ1) is 61.5. The molecule has 0 radical (unpaired) electrons. The van der Waals surface area contributed by atoms with Crippen molar-refractivity contribution in [1.29, 1.82) is 5.41 Å². The van der Waals surface area contributed by atoms with E-state index in [1.165, 1.54) is 41.7 Å². The van der Waals surface area contributed by atoms with Crippen LogP contribution in [0.3, 0.4) is 0 Å². The van der Waals surface area contributed by atoms with Gasteiger partial charge < -0.3 is 137 Å². The number of aliphatic carboxylic acids is 4. The van der Waals surface area contributed by atoms with Crippen LogP contribution >= 0.6 is 0 Å². The number of fused-ring (bicyclic) bond motifs is 1. The lowest BCUT2D eigenvalue weighted by Crippen LogP contribution is -2.61. The topological polar surface area (TPSA) is 755 Å². The number of nitrogens with zero attached hydrogens (tertiary/aromatic N) is 2. The fourth-order valence-electron chi connectivity index (χ4n) is 13.1. The monoisotopic (exact) mass is 1830 g/mol. The molecule has 1 aliphatic rings. The molecule has 29 N–H and O–H groups in total. The molecule has 1 fully saturated rings. The second-order valence-electron chi connectivity index (χ2n) is 30.6. The number of nitrogens with two attached hydrogens (primary N) is 3. The third kappa shape index (κ3) is 41.5. The molecule has 46 heteroatoms. The number of primary amides is 1. The van der Waals surface area contributed by atoms with Crippen molar-refractivity contribution in [3.05, 3.63) is 120 Å². The van der Waals surface area contributed by atoms with Gasteiger partial charge in [-0.3, -0.25) is 91.7 Å². The van der Waals surface area contributed by atoms with E-state index in [0.29, 0.717) is 53.3 Å². The summed E-state index contributed by atoms with van der Waals surface area (Å²) in [6.45, 7) is 7.21. The molecule has 0 spiro atoms. The number of hydrogen-bond acceptors (Lipinski definition) is 24. The molecule has 14 amide bonds. The lowest BCUT2D eigenvalue weighted by molar-refractivity contribution is -0.142. The van der Waals surface area contributed by atoms with Crippen molar-refractivity contribution >= 4 is 123 Å². The predicted molar refractivity (Wildman–Crippen MR) is 467 cm³/mol. The Morgan fingerprint density at radius 2 is 0.977 bits per heavy atom. The van der Waals surface area contributed by atoms with Gasteiger partial charge in [0, 0.05) is 96.2 Å². The number of H-pyrrole nitrogens is 2. The first-order valence-corrected chi connectivity index (χ1v) is 41.8. The van der Waals surface area contributed by atoms with E-state index in [1.54, 1.807) is 81.6 Å². The van der Waals surface area contributed by atoms with Gasteiger partial charge in [0.15, 0.2) is 5.96 Å². The molecule has 0 saturated carbocycles. The highest BCUT2D eigenvalue weighted by molar-refractivity contribution is 6.01. The summed E-state index contributed by atoms with van der Waals surface area (Å²) in [5.41, 5.74) is 19.2. The molecule has 12 atom stereocenters. The van der Waals surface area contributed by atoms with Crippen molar-refractivity contribution in [2.24, 2.45) is 23.1 Å². The number of rotatable bonds is 50. The number of amides is 14. The summed E-state index contributed by atoms with van der Waals surface area (Å²) in [6.07, 6.45) is 3.75. The zero-order valence-electron chi connectivity index (χ0n) is 73.4. The number of carboxylic acids is 4. The molecule has 2 aromatic heterocycles. The van der Waals surface area contributed by atoms with Crippen LogP contribution in [0.15, 0.2) is 97.6 Å². The number of benzene rings is 3. The first-order valence-electron chi connectivity index (χ1n) is 41.8. The lowest BCUT2D eigenvalue weighted by Gasteiger charge is -2.30. The molecule has 6 rings (SSSR count). The molecule has 3 heterocycles. The number of hydrogen-bond donors (Lipinski definition) is 26. The summed E-state index contributed by atoms with van der Waals surface area (Å²) in [5.74, 6) is -17.6. The summed E-state index contributed by atoms with van der Waals surface area (Å²) < 4.78 is 0. The minimum absolute atomic E-state index is 0.00439. The third-order valence-electron chi connectivity index (χ3n) is 19.4. The number of likely N-dealkylation sites (tertiary alicyclic amines) is 1. The molecular weight excluding hydrogens is 1700 g/mol.